The molecule has 29 heavy (non-hydrogen) atoms. The molecule has 1 aliphatic rings. The Labute approximate surface area is 172 Å². The van der Waals surface area contributed by atoms with Gasteiger partial charge < -0.3 is 4.90 Å². The zero-order valence-electron chi connectivity index (χ0n) is 16.1. The molecule has 0 bridgehead atoms. The molecular weight excluding hydrogens is 392 g/mol. The van der Waals surface area contributed by atoms with Crippen LogP contribution in [0.2, 0.25) is 0 Å². The summed E-state index contributed by atoms with van der Waals surface area (Å²) < 4.78 is 30.1. The highest BCUT2D eigenvalue weighted by atomic mass is 32.2. The summed E-state index contributed by atoms with van der Waals surface area (Å²) in [6, 6.07) is 8.40. The van der Waals surface area contributed by atoms with Crippen LogP contribution < -0.4 is 4.90 Å². The van der Waals surface area contributed by atoms with Gasteiger partial charge in [-0.1, -0.05) is 24.8 Å². The van der Waals surface area contributed by atoms with Crippen molar-refractivity contribution in [3.63, 3.8) is 0 Å². The predicted octanol–water partition coefficient (Wildman–Crippen LogP) is 4.25. The fourth-order valence-electron chi connectivity index (χ4n) is 3.26. The first-order chi connectivity index (χ1) is 14.0. The maximum absolute atomic E-state index is 14.4. The van der Waals surface area contributed by atoms with Crippen molar-refractivity contribution in [2.45, 2.75) is 13.5 Å². The molecule has 0 N–H and O–H groups in total. The minimum absolute atomic E-state index is 0.256. The minimum atomic E-state index is -0.438. The van der Waals surface area contributed by atoms with Gasteiger partial charge in [-0.2, -0.15) is 16.9 Å². The molecule has 0 aliphatic carbocycles. The Bertz CT molecular complexity index is 1040. The van der Waals surface area contributed by atoms with Gasteiger partial charge in [0.15, 0.2) is 17.5 Å². The van der Waals surface area contributed by atoms with Crippen LogP contribution in [0.4, 0.5) is 14.6 Å². The Morgan fingerprint density at radius 2 is 1.93 bits per heavy atom. The minimum Gasteiger partial charge on any atom is -0.352 e. The van der Waals surface area contributed by atoms with Gasteiger partial charge in [-0.15, -0.1) is 0 Å². The molecule has 1 aromatic carbocycles. The van der Waals surface area contributed by atoms with Crippen LogP contribution in [0.3, 0.4) is 0 Å². The van der Waals surface area contributed by atoms with Crippen molar-refractivity contribution >= 4 is 23.2 Å². The first-order valence-electron chi connectivity index (χ1n) is 9.35. The van der Waals surface area contributed by atoms with Crippen molar-refractivity contribution in [1.82, 2.24) is 19.7 Å². The SMILES string of the molecule is C=C(C)c1cc(-c2ncc(F)c(N3CCSCC3)n2)nn1Cc1ccccc1F. The maximum atomic E-state index is 14.4. The fraction of sp³-hybridized carbons (Fsp3) is 0.286. The Morgan fingerprint density at radius 1 is 1.17 bits per heavy atom. The van der Waals surface area contributed by atoms with E-state index in [4.69, 9.17) is 0 Å². The van der Waals surface area contributed by atoms with Gasteiger partial charge in [0, 0.05) is 30.2 Å². The molecule has 0 radical (unpaired) electrons. The average Bonchev–Trinajstić information content (AvgIpc) is 3.15. The van der Waals surface area contributed by atoms with E-state index >= 15 is 0 Å². The summed E-state index contributed by atoms with van der Waals surface area (Å²) in [7, 11) is 0. The molecule has 8 heteroatoms. The first kappa shape index (κ1) is 19.6. The lowest BCUT2D eigenvalue weighted by atomic mass is 10.2. The number of halogens is 2. The van der Waals surface area contributed by atoms with Gasteiger partial charge in [0.05, 0.1) is 18.4 Å². The number of hydrogen-bond acceptors (Lipinski definition) is 5. The normalized spacial score (nSPS) is 14.2. The highest BCUT2D eigenvalue weighted by Crippen LogP contribution is 2.25. The van der Waals surface area contributed by atoms with Gasteiger partial charge >= 0.3 is 0 Å². The third-order valence-electron chi connectivity index (χ3n) is 4.76. The molecule has 0 atom stereocenters. The summed E-state index contributed by atoms with van der Waals surface area (Å²) in [5, 5.41) is 4.57. The van der Waals surface area contributed by atoms with Crippen molar-refractivity contribution in [1.29, 1.82) is 0 Å². The van der Waals surface area contributed by atoms with Crippen LogP contribution in [0, 0.1) is 11.6 Å². The first-order valence-corrected chi connectivity index (χ1v) is 10.5. The van der Waals surface area contributed by atoms with E-state index < -0.39 is 5.82 Å². The predicted molar refractivity (Wildman–Crippen MR) is 113 cm³/mol. The number of rotatable bonds is 5. The molecule has 0 saturated carbocycles. The number of thioether (sulfide) groups is 1. The van der Waals surface area contributed by atoms with Gasteiger partial charge in [0.2, 0.25) is 0 Å². The molecule has 3 heterocycles. The molecule has 1 saturated heterocycles. The zero-order chi connectivity index (χ0) is 20.4. The van der Waals surface area contributed by atoms with Crippen molar-refractivity contribution in [3.8, 4) is 11.5 Å². The fourth-order valence-corrected chi connectivity index (χ4v) is 4.16. The van der Waals surface area contributed by atoms with Crippen LogP contribution in [-0.4, -0.2) is 44.3 Å². The lowest BCUT2D eigenvalue weighted by Gasteiger charge is -2.27. The summed E-state index contributed by atoms with van der Waals surface area (Å²) in [5.74, 6) is 1.79. The van der Waals surface area contributed by atoms with Crippen molar-refractivity contribution in [2.24, 2.45) is 0 Å². The van der Waals surface area contributed by atoms with E-state index in [1.54, 1.807) is 22.9 Å². The van der Waals surface area contributed by atoms with E-state index in [0.717, 1.165) is 35.9 Å². The third kappa shape index (κ3) is 4.17. The summed E-state index contributed by atoms with van der Waals surface area (Å²) in [4.78, 5) is 10.5. The quantitative estimate of drug-likeness (QED) is 0.626. The maximum Gasteiger partial charge on any atom is 0.183 e. The van der Waals surface area contributed by atoms with Crippen LogP contribution in [-0.2, 0) is 6.54 Å². The van der Waals surface area contributed by atoms with E-state index in [1.165, 1.54) is 12.3 Å². The summed E-state index contributed by atoms with van der Waals surface area (Å²) in [6.07, 6.45) is 1.19. The lowest BCUT2D eigenvalue weighted by Crippen LogP contribution is -2.34. The summed E-state index contributed by atoms with van der Waals surface area (Å²) in [6.45, 7) is 7.61. The van der Waals surface area contributed by atoms with Crippen LogP contribution in [0.1, 0.15) is 18.2 Å². The zero-order valence-corrected chi connectivity index (χ0v) is 16.9. The Balaban J connectivity index is 1.70. The van der Waals surface area contributed by atoms with Crippen molar-refractivity contribution in [2.75, 3.05) is 29.5 Å². The summed E-state index contributed by atoms with van der Waals surface area (Å²) >= 11 is 1.85. The van der Waals surface area contributed by atoms with E-state index in [0.29, 0.717) is 22.9 Å². The van der Waals surface area contributed by atoms with Gasteiger partial charge in [0.1, 0.15) is 11.5 Å². The molecule has 150 valence electrons. The number of hydrogen-bond donors (Lipinski definition) is 0. The highest BCUT2D eigenvalue weighted by Gasteiger charge is 2.20. The van der Waals surface area contributed by atoms with E-state index in [1.807, 2.05) is 29.7 Å². The molecule has 2 aromatic heterocycles. The van der Waals surface area contributed by atoms with E-state index in [-0.39, 0.29) is 12.4 Å². The van der Waals surface area contributed by atoms with Gasteiger partial charge in [0.25, 0.3) is 0 Å². The molecule has 4 rings (SSSR count). The lowest BCUT2D eigenvalue weighted by molar-refractivity contribution is 0.583. The van der Waals surface area contributed by atoms with Crippen molar-refractivity contribution in [3.05, 3.63) is 66.0 Å². The second-order valence-corrected chi connectivity index (χ2v) is 8.13. The number of allylic oxidation sites excluding steroid dienone is 1. The summed E-state index contributed by atoms with van der Waals surface area (Å²) in [5.41, 5.74) is 2.57. The van der Waals surface area contributed by atoms with Crippen molar-refractivity contribution < 1.29 is 8.78 Å². The van der Waals surface area contributed by atoms with Crippen LogP contribution in [0.25, 0.3) is 17.1 Å². The highest BCUT2D eigenvalue weighted by molar-refractivity contribution is 7.99. The molecular formula is C21H21F2N5S. The molecule has 0 amide bonds. The molecule has 0 unspecified atom stereocenters. The van der Waals surface area contributed by atoms with E-state index in [2.05, 4.69) is 21.6 Å². The van der Waals surface area contributed by atoms with E-state index in [9.17, 15) is 8.78 Å². The number of nitrogens with zero attached hydrogens (tertiary/aromatic N) is 5. The van der Waals surface area contributed by atoms with Crippen LogP contribution >= 0.6 is 11.8 Å². The molecule has 3 aromatic rings. The second-order valence-electron chi connectivity index (χ2n) is 6.91. The molecule has 1 aliphatic heterocycles. The molecule has 1 fully saturated rings. The van der Waals surface area contributed by atoms with Gasteiger partial charge in [-0.3, -0.25) is 4.68 Å². The number of benzene rings is 1. The molecule has 0 spiro atoms. The smallest absolute Gasteiger partial charge is 0.183 e. The Kier molecular flexibility index (Phi) is 5.62. The topological polar surface area (TPSA) is 46.8 Å². The number of anilines is 1. The monoisotopic (exact) mass is 413 g/mol. The third-order valence-corrected chi connectivity index (χ3v) is 5.70. The largest absolute Gasteiger partial charge is 0.352 e. The Morgan fingerprint density at radius 3 is 2.66 bits per heavy atom. The standard InChI is InChI=1S/C21H21F2N5S/c1-14(2)19-11-18(26-28(19)13-15-5-3-4-6-16(15)22)20-24-12-17(23)21(25-20)27-7-9-29-10-8-27/h3-6,11-12H,1,7-10,13H2,2H3. The van der Waals surface area contributed by atoms with Crippen LogP contribution in [0.15, 0.2) is 43.1 Å². The average molecular weight is 413 g/mol. The molecule has 5 nitrogen and oxygen atoms in total. The van der Waals surface area contributed by atoms with Gasteiger partial charge in [-0.25, -0.2) is 18.7 Å². The second kappa shape index (κ2) is 8.32. The van der Waals surface area contributed by atoms with Crippen LogP contribution in [0.5, 0.6) is 0 Å². The van der Waals surface area contributed by atoms with Gasteiger partial charge in [-0.05, 0) is 24.6 Å². The number of aromatic nitrogens is 4. The Hall–Kier alpha value is -2.74.